The fourth-order valence-electron chi connectivity index (χ4n) is 3.57. The molecule has 1 aromatic heterocycles. The minimum Gasteiger partial charge on any atom is -0.348 e. The number of nitriles is 1. The van der Waals surface area contributed by atoms with E-state index in [0.717, 1.165) is 52.8 Å². The normalized spacial score (nSPS) is 19.5. The molecule has 2 aromatic rings. The van der Waals surface area contributed by atoms with Gasteiger partial charge < -0.3 is 25.8 Å². The van der Waals surface area contributed by atoms with E-state index in [1.54, 1.807) is 12.5 Å². The van der Waals surface area contributed by atoms with Crippen molar-refractivity contribution in [2.24, 2.45) is 4.99 Å². The van der Waals surface area contributed by atoms with Gasteiger partial charge in [-0.3, -0.25) is 4.99 Å². The fraction of sp³-hybridized carbons (Fsp3) is 0.286. The monoisotopic (exact) mass is 388 g/mol. The Morgan fingerprint density at radius 2 is 2.07 bits per heavy atom. The van der Waals surface area contributed by atoms with Crippen LogP contribution in [0, 0.1) is 11.3 Å². The van der Waals surface area contributed by atoms with Crippen LogP contribution in [-0.2, 0) is 6.42 Å². The number of benzene rings is 1. The minimum absolute atomic E-state index is 0.295. The predicted molar refractivity (Wildman–Crippen MR) is 114 cm³/mol. The van der Waals surface area contributed by atoms with E-state index < -0.39 is 0 Å². The summed E-state index contributed by atoms with van der Waals surface area (Å²) in [6.45, 7) is 5.57. The molecule has 0 saturated carbocycles. The van der Waals surface area contributed by atoms with Crippen molar-refractivity contribution in [3.8, 4) is 6.07 Å². The molecule has 0 radical (unpaired) electrons. The molecule has 4 N–H and O–H groups in total. The molecule has 2 aliphatic heterocycles. The highest BCUT2D eigenvalue weighted by Gasteiger charge is 2.29. The Kier molecular flexibility index (Phi) is 5.20. The van der Waals surface area contributed by atoms with E-state index in [-0.39, 0.29) is 0 Å². The first-order chi connectivity index (χ1) is 14.2. The van der Waals surface area contributed by atoms with Gasteiger partial charge in [0.2, 0.25) is 0 Å². The van der Waals surface area contributed by atoms with E-state index in [0.29, 0.717) is 18.9 Å². The summed E-state index contributed by atoms with van der Waals surface area (Å²) in [4.78, 5) is 14.0. The number of H-pyrrole nitrogens is 1. The number of hydrogen-bond donors (Lipinski definition) is 4. The van der Waals surface area contributed by atoms with Gasteiger partial charge in [-0.1, -0.05) is 12.1 Å². The lowest BCUT2D eigenvalue weighted by molar-refractivity contribution is 0.837. The summed E-state index contributed by atoms with van der Waals surface area (Å²) < 4.78 is 0. The number of hydrogen-bond acceptors (Lipinski definition) is 5. The summed E-state index contributed by atoms with van der Waals surface area (Å²) in [5, 5.41) is 19.5. The van der Waals surface area contributed by atoms with Crippen molar-refractivity contribution in [3.63, 3.8) is 0 Å². The zero-order valence-corrected chi connectivity index (χ0v) is 16.6. The van der Waals surface area contributed by atoms with Crippen molar-refractivity contribution in [1.82, 2.24) is 20.6 Å². The number of rotatable bonds is 5. The molecule has 0 fully saturated rings. The highest BCUT2D eigenvalue weighted by atomic mass is 15.3. The van der Waals surface area contributed by atoms with E-state index in [4.69, 9.17) is 0 Å². The third-order valence-corrected chi connectivity index (χ3v) is 5.07. The van der Waals surface area contributed by atoms with Gasteiger partial charge in [-0.2, -0.15) is 5.26 Å². The molecular formula is C21H24N8. The van der Waals surface area contributed by atoms with Crippen molar-refractivity contribution in [3.05, 3.63) is 65.3 Å². The van der Waals surface area contributed by atoms with Crippen molar-refractivity contribution in [2.75, 3.05) is 23.3 Å². The summed E-state index contributed by atoms with van der Waals surface area (Å²) in [7, 11) is 0. The number of aromatic nitrogens is 2. The number of imidazole rings is 1. The van der Waals surface area contributed by atoms with Crippen LogP contribution in [0.15, 0.2) is 64.6 Å². The number of aromatic amines is 1. The number of fused-ring (bicyclic) bond motifs is 1. The van der Waals surface area contributed by atoms with E-state index >= 15 is 0 Å². The summed E-state index contributed by atoms with van der Waals surface area (Å²) in [5.74, 6) is 1.63. The SMILES string of the molecule is CCN1/C(=C2\NC(=NCCc3cnc[nH]3)NC(CC#N)=C2C)Nc2ccccc21. The second kappa shape index (κ2) is 8.10. The molecule has 0 amide bonds. The number of allylic oxidation sites excluding steroid dienone is 2. The maximum absolute atomic E-state index is 9.28. The van der Waals surface area contributed by atoms with Crippen LogP contribution in [0.2, 0.25) is 0 Å². The molecule has 29 heavy (non-hydrogen) atoms. The molecule has 4 rings (SSSR count). The summed E-state index contributed by atoms with van der Waals surface area (Å²) >= 11 is 0. The predicted octanol–water partition coefficient (Wildman–Crippen LogP) is 2.81. The molecular weight excluding hydrogens is 364 g/mol. The van der Waals surface area contributed by atoms with Crippen molar-refractivity contribution in [2.45, 2.75) is 26.7 Å². The molecule has 0 bridgehead atoms. The van der Waals surface area contributed by atoms with Crippen LogP contribution >= 0.6 is 0 Å². The van der Waals surface area contributed by atoms with E-state index in [2.05, 4.69) is 60.9 Å². The largest absolute Gasteiger partial charge is 0.348 e. The third-order valence-electron chi connectivity index (χ3n) is 5.07. The van der Waals surface area contributed by atoms with Gasteiger partial charge in [0.1, 0.15) is 5.82 Å². The number of aliphatic imine (C=N–C) groups is 1. The maximum Gasteiger partial charge on any atom is 0.200 e. The summed E-state index contributed by atoms with van der Waals surface area (Å²) in [6.07, 6.45) is 4.53. The average molecular weight is 388 g/mol. The van der Waals surface area contributed by atoms with Gasteiger partial charge in [-0.25, -0.2) is 4.98 Å². The van der Waals surface area contributed by atoms with E-state index in [1.807, 2.05) is 19.1 Å². The second-order valence-electron chi connectivity index (χ2n) is 6.86. The molecule has 0 atom stereocenters. The highest BCUT2D eigenvalue weighted by Crippen LogP contribution is 2.38. The minimum atomic E-state index is 0.295. The van der Waals surface area contributed by atoms with Gasteiger partial charge in [0.25, 0.3) is 0 Å². The molecule has 0 unspecified atom stereocenters. The topological polar surface area (TPSA) is 104 Å². The molecule has 3 heterocycles. The first-order valence-corrected chi connectivity index (χ1v) is 9.72. The van der Waals surface area contributed by atoms with Crippen LogP contribution < -0.4 is 20.9 Å². The average Bonchev–Trinajstić information content (AvgIpc) is 3.37. The Hall–Kier alpha value is -3.73. The van der Waals surface area contributed by atoms with Crippen LogP contribution in [0.25, 0.3) is 0 Å². The number of nitrogens with one attached hydrogen (secondary N) is 4. The zero-order chi connectivity index (χ0) is 20.2. The van der Waals surface area contributed by atoms with E-state index in [9.17, 15) is 5.26 Å². The summed E-state index contributed by atoms with van der Waals surface area (Å²) in [5.41, 5.74) is 6.07. The van der Waals surface area contributed by atoms with Crippen LogP contribution in [0.1, 0.15) is 26.0 Å². The Balaban J connectivity index is 1.66. The van der Waals surface area contributed by atoms with E-state index in [1.165, 1.54) is 0 Å². The molecule has 148 valence electrons. The Labute approximate surface area is 170 Å². The molecule has 0 saturated heterocycles. The zero-order valence-electron chi connectivity index (χ0n) is 16.6. The standard InChI is InChI=1S/C21H24N8/c1-3-29-18-7-5-4-6-17(18)26-20(29)19-14(2)16(8-10-22)27-21(28-19)24-11-9-15-12-23-13-25-15/h4-7,12-13,26H,3,8-9,11H2,1-2H3,(H,23,25)(H2,24,27,28)/b20-19-. The lowest BCUT2D eigenvalue weighted by Gasteiger charge is -2.29. The lowest BCUT2D eigenvalue weighted by atomic mass is 10.1. The van der Waals surface area contributed by atoms with Crippen molar-refractivity contribution < 1.29 is 0 Å². The third kappa shape index (κ3) is 3.67. The molecule has 0 aliphatic carbocycles. The Bertz CT molecular complexity index is 1020. The molecule has 1 aromatic carbocycles. The van der Waals surface area contributed by atoms with Crippen LogP contribution in [0.4, 0.5) is 11.4 Å². The quantitative estimate of drug-likeness (QED) is 0.628. The Morgan fingerprint density at radius 1 is 1.21 bits per heavy atom. The van der Waals surface area contributed by atoms with Crippen LogP contribution in [0.3, 0.4) is 0 Å². The highest BCUT2D eigenvalue weighted by molar-refractivity contribution is 5.89. The molecule has 0 spiro atoms. The first-order valence-electron chi connectivity index (χ1n) is 9.72. The van der Waals surface area contributed by atoms with Crippen LogP contribution in [0.5, 0.6) is 0 Å². The van der Waals surface area contributed by atoms with Gasteiger partial charge in [0.05, 0.1) is 35.9 Å². The van der Waals surface area contributed by atoms with Gasteiger partial charge in [0, 0.05) is 37.1 Å². The second-order valence-corrected chi connectivity index (χ2v) is 6.86. The number of guanidine groups is 1. The van der Waals surface area contributed by atoms with Gasteiger partial charge in [0.15, 0.2) is 5.96 Å². The van der Waals surface area contributed by atoms with Crippen molar-refractivity contribution in [1.29, 1.82) is 5.26 Å². The van der Waals surface area contributed by atoms with Gasteiger partial charge >= 0.3 is 0 Å². The van der Waals surface area contributed by atoms with Gasteiger partial charge in [-0.15, -0.1) is 0 Å². The summed E-state index contributed by atoms with van der Waals surface area (Å²) in [6, 6.07) is 10.5. The first kappa shape index (κ1) is 18.6. The smallest absolute Gasteiger partial charge is 0.200 e. The Morgan fingerprint density at radius 3 is 2.83 bits per heavy atom. The maximum atomic E-state index is 9.28. The number of nitrogens with zero attached hydrogens (tertiary/aromatic N) is 4. The lowest BCUT2D eigenvalue weighted by Crippen LogP contribution is -2.44. The molecule has 8 nitrogen and oxygen atoms in total. The fourth-order valence-corrected chi connectivity index (χ4v) is 3.57. The van der Waals surface area contributed by atoms with Crippen LogP contribution in [-0.4, -0.2) is 29.0 Å². The number of para-hydroxylation sites is 2. The number of anilines is 2. The van der Waals surface area contributed by atoms with Gasteiger partial charge in [-0.05, 0) is 31.6 Å². The molecule has 2 aliphatic rings. The van der Waals surface area contributed by atoms with Crippen molar-refractivity contribution >= 4 is 17.3 Å². The molecule has 8 heteroatoms.